The normalized spacial score (nSPS) is 17.1. The number of amides is 1. The molecule has 1 saturated heterocycles. The van der Waals surface area contributed by atoms with E-state index in [-0.39, 0.29) is 31.6 Å². The fraction of sp³-hybridized carbons (Fsp3) is 0.450. The van der Waals surface area contributed by atoms with E-state index >= 15 is 0 Å². The molecule has 7 nitrogen and oxygen atoms in total. The van der Waals surface area contributed by atoms with Crippen LogP contribution in [0.3, 0.4) is 0 Å². The molecule has 1 amide bonds. The van der Waals surface area contributed by atoms with Gasteiger partial charge in [-0.25, -0.2) is 8.42 Å². The van der Waals surface area contributed by atoms with Gasteiger partial charge >= 0.3 is 0 Å². The van der Waals surface area contributed by atoms with Gasteiger partial charge in [-0.15, -0.1) is 0 Å². The highest BCUT2D eigenvalue weighted by Gasteiger charge is 2.28. The number of ether oxygens (including phenoxy) is 1. The van der Waals surface area contributed by atoms with Crippen LogP contribution >= 0.6 is 0 Å². The molecule has 0 radical (unpaired) electrons. The van der Waals surface area contributed by atoms with Gasteiger partial charge in [-0.2, -0.15) is 4.31 Å². The number of carbonyl (C=O) groups is 1. The van der Waals surface area contributed by atoms with Gasteiger partial charge in [-0.3, -0.25) is 4.79 Å². The minimum Gasteiger partial charge on any atom is -0.467 e. The third-order valence-corrected chi connectivity index (χ3v) is 5.92. The van der Waals surface area contributed by atoms with Gasteiger partial charge in [0.25, 0.3) is 0 Å². The number of hydrogen-bond donors (Lipinski definition) is 0. The molecule has 28 heavy (non-hydrogen) atoms. The van der Waals surface area contributed by atoms with Gasteiger partial charge in [0.2, 0.25) is 15.9 Å². The van der Waals surface area contributed by atoms with E-state index in [1.165, 1.54) is 4.31 Å². The van der Waals surface area contributed by atoms with Crippen molar-refractivity contribution >= 4 is 15.9 Å². The zero-order valence-electron chi connectivity index (χ0n) is 16.0. The third-order valence-electron chi connectivity index (χ3n) is 4.71. The molecule has 2 aromatic rings. The van der Waals surface area contributed by atoms with Crippen LogP contribution in [0.5, 0.6) is 0 Å². The largest absolute Gasteiger partial charge is 0.467 e. The molecule has 3 rings (SSSR count). The first-order valence-electron chi connectivity index (χ1n) is 9.32. The van der Waals surface area contributed by atoms with Crippen LogP contribution in [0.4, 0.5) is 0 Å². The molecule has 1 aliphatic rings. The van der Waals surface area contributed by atoms with Crippen LogP contribution in [0.25, 0.3) is 0 Å². The van der Waals surface area contributed by atoms with Crippen molar-refractivity contribution in [1.29, 1.82) is 0 Å². The minimum absolute atomic E-state index is 0.157. The summed E-state index contributed by atoms with van der Waals surface area (Å²) in [6.07, 6.45) is 4.24. The molecule has 0 N–H and O–H groups in total. The van der Waals surface area contributed by atoms with Crippen molar-refractivity contribution in [3.63, 3.8) is 0 Å². The summed E-state index contributed by atoms with van der Waals surface area (Å²) < 4.78 is 36.6. The van der Waals surface area contributed by atoms with Crippen molar-refractivity contribution in [3.8, 4) is 0 Å². The lowest BCUT2D eigenvalue weighted by atomic mass is 10.2. The molecule has 1 atom stereocenters. The lowest BCUT2D eigenvalue weighted by Crippen LogP contribution is -2.44. The van der Waals surface area contributed by atoms with Gasteiger partial charge < -0.3 is 14.1 Å². The molecular formula is C20H26N2O5S. The van der Waals surface area contributed by atoms with Crippen LogP contribution in [-0.2, 0) is 32.6 Å². The van der Waals surface area contributed by atoms with Crippen LogP contribution in [0.15, 0.2) is 53.1 Å². The first-order valence-corrected chi connectivity index (χ1v) is 11.2. The molecule has 152 valence electrons. The van der Waals surface area contributed by atoms with Crippen LogP contribution in [0.1, 0.15) is 24.2 Å². The summed E-state index contributed by atoms with van der Waals surface area (Å²) in [7, 11) is -3.53. The van der Waals surface area contributed by atoms with Crippen LogP contribution in [0, 0.1) is 0 Å². The average Bonchev–Trinajstić information content (AvgIpc) is 3.34. The Morgan fingerprint density at radius 1 is 1.14 bits per heavy atom. The highest BCUT2D eigenvalue weighted by atomic mass is 32.2. The topological polar surface area (TPSA) is 80.1 Å². The second-order valence-electron chi connectivity index (χ2n) is 7.01. The van der Waals surface area contributed by atoms with Crippen LogP contribution in [-0.4, -0.2) is 55.6 Å². The molecule has 0 spiro atoms. The van der Waals surface area contributed by atoms with Crippen molar-refractivity contribution in [3.05, 3.63) is 60.1 Å². The summed E-state index contributed by atoms with van der Waals surface area (Å²) in [6.45, 7) is 1.27. The van der Waals surface area contributed by atoms with Crippen molar-refractivity contribution in [1.82, 2.24) is 9.21 Å². The average molecular weight is 407 g/mol. The standard InChI is InChI=1S/C20H26N2O5S/c1-28(24,25)22(15-19-10-6-12-27-19)16-20(23)21(14-18-9-5-11-26-18)13-17-7-3-2-4-8-17/h2-5,7-9,11,19H,6,10,12-16H2,1H3. The minimum atomic E-state index is -3.53. The van der Waals surface area contributed by atoms with E-state index in [0.717, 1.165) is 24.7 Å². The van der Waals surface area contributed by atoms with Crippen molar-refractivity contribution < 1.29 is 22.4 Å². The van der Waals surface area contributed by atoms with E-state index in [2.05, 4.69) is 0 Å². The second-order valence-corrected chi connectivity index (χ2v) is 8.99. The molecule has 1 unspecified atom stereocenters. The Morgan fingerprint density at radius 3 is 2.54 bits per heavy atom. The number of rotatable bonds is 9. The van der Waals surface area contributed by atoms with Crippen LogP contribution in [0.2, 0.25) is 0 Å². The fourth-order valence-electron chi connectivity index (χ4n) is 3.21. The Balaban J connectivity index is 1.73. The smallest absolute Gasteiger partial charge is 0.238 e. The second kappa shape index (κ2) is 9.36. The van der Waals surface area contributed by atoms with Crippen molar-refractivity contribution in [2.75, 3.05) is 26.0 Å². The number of nitrogens with zero attached hydrogens (tertiary/aromatic N) is 2. The van der Waals surface area contributed by atoms with Crippen molar-refractivity contribution in [2.24, 2.45) is 0 Å². The summed E-state index contributed by atoms with van der Waals surface area (Å²) in [5.74, 6) is 0.373. The number of hydrogen-bond acceptors (Lipinski definition) is 5. The van der Waals surface area contributed by atoms with E-state index in [9.17, 15) is 13.2 Å². The first-order chi connectivity index (χ1) is 13.4. The lowest BCUT2D eigenvalue weighted by molar-refractivity contribution is -0.133. The molecule has 1 fully saturated rings. The number of sulfonamides is 1. The predicted octanol–water partition coefficient (Wildman–Crippen LogP) is 2.25. The quantitative estimate of drug-likeness (QED) is 0.638. The Labute approximate surface area is 165 Å². The Hall–Kier alpha value is -2.16. The predicted molar refractivity (Wildman–Crippen MR) is 105 cm³/mol. The van der Waals surface area contributed by atoms with E-state index < -0.39 is 10.0 Å². The third kappa shape index (κ3) is 5.92. The molecular weight excluding hydrogens is 380 g/mol. The highest BCUT2D eigenvalue weighted by Crippen LogP contribution is 2.16. The molecule has 0 bridgehead atoms. The molecule has 0 saturated carbocycles. The summed E-state index contributed by atoms with van der Waals surface area (Å²) >= 11 is 0. The van der Waals surface area contributed by atoms with E-state index in [0.29, 0.717) is 18.9 Å². The van der Waals surface area contributed by atoms with E-state index in [1.807, 2.05) is 30.3 Å². The molecule has 1 aromatic carbocycles. The van der Waals surface area contributed by atoms with Gasteiger partial charge in [0.1, 0.15) is 5.76 Å². The summed E-state index contributed by atoms with van der Waals surface area (Å²) in [6, 6.07) is 13.2. The van der Waals surface area contributed by atoms with Gasteiger partial charge in [-0.1, -0.05) is 30.3 Å². The maximum atomic E-state index is 13.0. The first kappa shape index (κ1) is 20.6. The van der Waals surface area contributed by atoms with Gasteiger partial charge in [0.15, 0.2) is 0 Å². The molecule has 2 heterocycles. The van der Waals surface area contributed by atoms with E-state index in [4.69, 9.17) is 9.15 Å². The van der Waals surface area contributed by atoms with Gasteiger partial charge in [0, 0.05) is 19.7 Å². The number of benzene rings is 1. The lowest BCUT2D eigenvalue weighted by Gasteiger charge is -2.27. The SMILES string of the molecule is CS(=O)(=O)N(CC(=O)N(Cc1ccccc1)Cc1ccco1)CC1CCCO1. The van der Waals surface area contributed by atoms with Gasteiger partial charge in [-0.05, 0) is 30.5 Å². The highest BCUT2D eigenvalue weighted by molar-refractivity contribution is 7.88. The zero-order chi connectivity index (χ0) is 20.0. The summed E-state index contributed by atoms with van der Waals surface area (Å²) in [5.41, 5.74) is 0.965. The number of furan rings is 1. The molecule has 8 heteroatoms. The maximum absolute atomic E-state index is 13.0. The molecule has 0 aliphatic carbocycles. The van der Waals surface area contributed by atoms with Crippen molar-refractivity contribution in [2.45, 2.75) is 32.0 Å². The Kier molecular flexibility index (Phi) is 6.88. The van der Waals surface area contributed by atoms with Crippen LogP contribution < -0.4 is 0 Å². The Bertz CT molecular complexity index is 846. The maximum Gasteiger partial charge on any atom is 0.238 e. The fourth-order valence-corrected chi connectivity index (χ4v) is 3.99. The molecule has 1 aliphatic heterocycles. The Morgan fingerprint density at radius 2 is 1.93 bits per heavy atom. The summed E-state index contributed by atoms with van der Waals surface area (Å²) in [5, 5.41) is 0. The zero-order valence-corrected chi connectivity index (χ0v) is 16.8. The summed E-state index contributed by atoms with van der Waals surface area (Å²) in [4.78, 5) is 14.7. The van der Waals surface area contributed by atoms with Gasteiger partial charge in [0.05, 0.1) is 31.7 Å². The number of carbonyl (C=O) groups excluding carboxylic acids is 1. The monoisotopic (exact) mass is 406 g/mol. The molecule has 1 aromatic heterocycles. The van der Waals surface area contributed by atoms with E-state index in [1.54, 1.807) is 23.3 Å².